The lowest BCUT2D eigenvalue weighted by Gasteiger charge is -2.24. The number of nitrogens with one attached hydrogen (secondary N) is 1. The Kier molecular flexibility index (Phi) is 10.3. The van der Waals surface area contributed by atoms with E-state index in [0.717, 1.165) is 38.2 Å². The Balaban J connectivity index is 2.52. The molecule has 0 unspecified atom stereocenters. The van der Waals surface area contributed by atoms with Crippen LogP contribution in [0.15, 0.2) is 30.3 Å². The van der Waals surface area contributed by atoms with Gasteiger partial charge in [-0.25, -0.2) is 4.79 Å². The van der Waals surface area contributed by atoms with Crippen LogP contribution in [0.4, 0.5) is 10.5 Å². The number of carbonyl (C=O) groups excluding carboxylic acids is 2. The van der Waals surface area contributed by atoms with Gasteiger partial charge in [-0.1, -0.05) is 32.0 Å². The summed E-state index contributed by atoms with van der Waals surface area (Å²) in [6, 6.07) is 9.15. The van der Waals surface area contributed by atoms with Crippen molar-refractivity contribution in [1.29, 1.82) is 0 Å². The second-order valence-corrected chi connectivity index (χ2v) is 5.84. The number of rotatable bonds is 11. The molecule has 0 heterocycles. The van der Waals surface area contributed by atoms with Crippen molar-refractivity contribution in [2.45, 2.75) is 33.1 Å². The van der Waals surface area contributed by atoms with Gasteiger partial charge in [0.2, 0.25) is 0 Å². The van der Waals surface area contributed by atoms with Gasteiger partial charge in [-0.05, 0) is 44.6 Å². The summed E-state index contributed by atoms with van der Waals surface area (Å²) in [5.41, 5.74) is 0.749. The molecule has 1 N–H and O–H groups in total. The van der Waals surface area contributed by atoms with E-state index in [-0.39, 0.29) is 18.4 Å². The van der Waals surface area contributed by atoms with Gasteiger partial charge in [0.05, 0.1) is 13.5 Å². The summed E-state index contributed by atoms with van der Waals surface area (Å²) in [5.74, 6) is -0.305. The number of amides is 2. The van der Waals surface area contributed by atoms with Gasteiger partial charge in [0, 0.05) is 18.8 Å². The van der Waals surface area contributed by atoms with Crippen LogP contribution >= 0.6 is 0 Å². The standard InChI is InChI=1S/C19H31N3O3/c1-4-21(5-2)14-9-10-15-22(16-13-18(23)25-3)19(24)20-17-11-7-6-8-12-17/h6-8,11-12H,4-5,9-10,13-16H2,1-3H3,(H,20,24). The highest BCUT2D eigenvalue weighted by atomic mass is 16.5. The number of para-hydroxylation sites is 1. The van der Waals surface area contributed by atoms with Crippen molar-refractivity contribution in [1.82, 2.24) is 9.80 Å². The molecular formula is C19H31N3O3. The predicted molar refractivity (Wildman–Crippen MR) is 101 cm³/mol. The lowest BCUT2D eigenvalue weighted by Crippen LogP contribution is -2.37. The van der Waals surface area contributed by atoms with Crippen molar-refractivity contribution >= 4 is 17.7 Å². The van der Waals surface area contributed by atoms with Crippen LogP contribution in [0.25, 0.3) is 0 Å². The van der Waals surface area contributed by atoms with Gasteiger partial charge in [-0.2, -0.15) is 0 Å². The van der Waals surface area contributed by atoms with Crippen molar-refractivity contribution in [2.24, 2.45) is 0 Å². The van der Waals surface area contributed by atoms with Crippen LogP contribution < -0.4 is 5.32 Å². The summed E-state index contributed by atoms with van der Waals surface area (Å²) in [6.07, 6.45) is 2.13. The average molecular weight is 349 g/mol. The van der Waals surface area contributed by atoms with Gasteiger partial charge in [0.1, 0.15) is 0 Å². The normalized spacial score (nSPS) is 10.6. The molecule has 6 nitrogen and oxygen atoms in total. The quantitative estimate of drug-likeness (QED) is 0.492. The number of unbranched alkanes of at least 4 members (excludes halogenated alkanes) is 1. The first-order valence-corrected chi connectivity index (χ1v) is 9.00. The molecule has 1 aromatic rings. The molecule has 2 amide bonds. The fourth-order valence-electron chi connectivity index (χ4n) is 2.55. The molecule has 0 bridgehead atoms. The van der Waals surface area contributed by atoms with E-state index in [4.69, 9.17) is 0 Å². The first-order valence-electron chi connectivity index (χ1n) is 9.00. The number of nitrogens with zero attached hydrogens (tertiary/aromatic N) is 2. The molecule has 0 aliphatic rings. The number of esters is 1. The highest BCUT2D eigenvalue weighted by molar-refractivity contribution is 5.89. The van der Waals surface area contributed by atoms with E-state index in [2.05, 4.69) is 28.8 Å². The second kappa shape index (κ2) is 12.3. The zero-order chi connectivity index (χ0) is 18.5. The molecule has 6 heteroatoms. The number of carbonyl (C=O) groups is 2. The highest BCUT2D eigenvalue weighted by Crippen LogP contribution is 2.08. The molecule has 0 spiro atoms. The number of ether oxygens (including phenoxy) is 1. The Hall–Kier alpha value is -2.08. The van der Waals surface area contributed by atoms with E-state index in [1.165, 1.54) is 7.11 Å². The Morgan fingerprint density at radius 1 is 1.00 bits per heavy atom. The minimum atomic E-state index is -0.305. The van der Waals surface area contributed by atoms with Crippen LogP contribution in [0.2, 0.25) is 0 Å². The van der Waals surface area contributed by atoms with Crippen LogP contribution in [-0.2, 0) is 9.53 Å². The zero-order valence-corrected chi connectivity index (χ0v) is 15.7. The summed E-state index contributed by atoms with van der Waals surface area (Å²) < 4.78 is 4.68. The fraction of sp³-hybridized carbons (Fsp3) is 0.579. The smallest absolute Gasteiger partial charge is 0.321 e. The lowest BCUT2D eigenvalue weighted by molar-refractivity contribution is -0.140. The van der Waals surface area contributed by atoms with E-state index in [1.807, 2.05) is 30.3 Å². The number of methoxy groups -OCH3 is 1. The molecule has 25 heavy (non-hydrogen) atoms. The van der Waals surface area contributed by atoms with E-state index < -0.39 is 0 Å². The molecule has 0 radical (unpaired) electrons. The van der Waals surface area contributed by atoms with Gasteiger partial charge in [0.15, 0.2) is 0 Å². The zero-order valence-electron chi connectivity index (χ0n) is 15.7. The molecule has 0 saturated heterocycles. The summed E-state index contributed by atoms with van der Waals surface area (Å²) in [6.45, 7) is 8.39. The second-order valence-electron chi connectivity index (χ2n) is 5.84. The number of hydrogen-bond acceptors (Lipinski definition) is 4. The lowest BCUT2D eigenvalue weighted by atomic mass is 10.2. The van der Waals surface area contributed by atoms with Gasteiger partial charge in [0.25, 0.3) is 0 Å². The Morgan fingerprint density at radius 2 is 1.64 bits per heavy atom. The molecule has 0 saturated carbocycles. The van der Waals surface area contributed by atoms with E-state index in [0.29, 0.717) is 13.1 Å². The molecule has 1 rings (SSSR count). The minimum absolute atomic E-state index is 0.182. The Bertz CT molecular complexity index is 504. The Morgan fingerprint density at radius 3 is 2.24 bits per heavy atom. The Labute approximate surface area is 151 Å². The van der Waals surface area contributed by atoms with E-state index in [9.17, 15) is 9.59 Å². The molecule has 0 aliphatic heterocycles. The van der Waals surface area contributed by atoms with Crippen molar-refractivity contribution in [3.63, 3.8) is 0 Å². The molecule has 140 valence electrons. The monoisotopic (exact) mass is 349 g/mol. The first-order chi connectivity index (χ1) is 12.1. The molecule has 0 atom stereocenters. The fourth-order valence-corrected chi connectivity index (χ4v) is 2.55. The predicted octanol–water partition coefficient (Wildman–Crippen LogP) is 3.21. The van der Waals surface area contributed by atoms with Crippen LogP contribution in [0.1, 0.15) is 33.1 Å². The van der Waals surface area contributed by atoms with Crippen LogP contribution in [0.3, 0.4) is 0 Å². The summed E-state index contributed by atoms with van der Waals surface area (Å²) in [7, 11) is 1.36. The van der Waals surface area contributed by atoms with Gasteiger partial charge in [-0.15, -0.1) is 0 Å². The summed E-state index contributed by atoms with van der Waals surface area (Å²) >= 11 is 0. The maximum Gasteiger partial charge on any atom is 0.321 e. The van der Waals surface area contributed by atoms with E-state index >= 15 is 0 Å². The molecule has 0 aromatic heterocycles. The molecule has 0 aliphatic carbocycles. The first kappa shape index (κ1) is 21.0. The maximum atomic E-state index is 12.5. The van der Waals surface area contributed by atoms with Crippen LogP contribution in [-0.4, -0.2) is 61.6 Å². The molecular weight excluding hydrogens is 318 g/mol. The largest absolute Gasteiger partial charge is 0.469 e. The van der Waals surface area contributed by atoms with Gasteiger partial charge < -0.3 is 19.9 Å². The van der Waals surface area contributed by atoms with Gasteiger partial charge >= 0.3 is 12.0 Å². The van der Waals surface area contributed by atoms with Crippen LogP contribution in [0, 0.1) is 0 Å². The number of urea groups is 1. The third-order valence-corrected chi connectivity index (χ3v) is 4.17. The third kappa shape index (κ3) is 8.54. The third-order valence-electron chi connectivity index (χ3n) is 4.17. The average Bonchev–Trinajstić information content (AvgIpc) is 2.64. The SMILES string of the molecule is CCN(CC)CCCCN(CCC(=O)OC)C(=O)Nc1ccccc1. The maximum absolute atomic E-state index is 12.5. The summed E-state index contributed by atoms with van der Waals surface area (Å²) in [4.78, 5) is 28.0. The van der Waals surface area contributed by atoms with Crippen molar-refractivity contribution in [2.75, 3.05) is 45.2 Å². The minimum Gasteiger partial charge on any atom is -0.469 e. The number of anilines is 1. The van der Waals surface area contributed by atoms with E-state index in [1.54, 1.807) is 4.90 Å². The topological polar surface area (TPSA) is 61.9 Å². The number of hydrogen-bond donors (Lipinski definition) is 1. The van der Waals surface area contributed by atoms with Crippen LogP contribution in [0.5, 0.6) is 0 Å². The number of benzene rings is 1. The van der Waals surface area contributed by atoms with Crippen molar-refractivity contribution in [3.8, 4) is 0 Å². The van der Waals surface area contributed by atoms with Crippen molar-refractivity contribution < 1.29 is 14.3 Å². The van der Waals surface area contributed by atoms with Crippen molar-refractivity contribution in [3.05, 3.63) is 30.3 Å². The van der Waals surface area contributed by atoms with Gasteiger partial charge in [-0.3, -0.25) is 4.79 Å². The highest BCUT2D eigenvalue weighted by Gasteiger charge is 2.15. The summed E-state index contributed by atoms with van der Waals surface area (Å²) in [5, 5.41) is 2.88. The molecule has 0 fully saturated rings. The molecule has 1 aromatic carbocycles.